The summed E-state index contributed by atoms with van der Waals surface area (Å²) in [4.78, 5) is 3.38. The van der Waals surface area contributed by atoms with E-state index in [0.29, 0.717) is 12.1 Å². The molecule has 2 unspecified atom stereocenters. The third-order valence-corrected chi connectivity index (χ3v) is 5.14. The lowest BCUT2D eigenvalue weighted by molar-refractivity contribution is 0.189. The van der Waals surface area contributed by atoms with Gasteiger partial charge in [0.2, 0.25) is 0 Å². The number of benzene rings is 1. The highest BCUT2D eigenvalue weighted by Gasteiger charge is 2.24. The van der Waals surface area contributed by atoms with Gasteiger partial charge in [-0.1, -0.05) is 28.1 Å². The summed E-state index contributed by atoms with van der Waals surface area (Å²) in [5, 5.41) is 2.05. The Labute approximate surface area is 131 Å². The molecule has 2 rings (SSSR count). The van der Waals surface area contributed by atoms with Crippen LogP contribution in [0.2, 0.25) is 0 Å². The van der Waals surface area contributed by atoms with Crippen LogP contribution in [0.15, 0.2) is 40.2 Å². The van der Waals surface area contributed by atoms with Crippen molar-refractivity contribution in [3.63, 3.8) is 0 Å². The van der Waals surface area contributed by atoms with E-state index in [0.717, 1.165) is 4.47 Å². The van der Waals surface area contributed by atoms with Gasteiger partial charge in [0.15, 0.2) is 0 Å². The lowest BCUT2D eigenvalue weighted by Crippen LogP contribution is -2.33. The SMILES string of the molecule is CC(c1cccs1)N(C)C(CN)c1ccc(Br)cc1F. The van der Waals surface area contributed by atoms with Crippen molar-refractivity contribution >= 4 is 27.3 Å². The molecule has 1 aromatic heterocycles. The average molecular weight is 357 g/mol. The van der Waals surface area contributed by atoms with E-state index < -0.39 is 0 Å². The van der Waals surface area contributed by atoms with Crippen molar-refractivity contribution in [3.05, 3.63) is 56.4 Å². The molecule has 0 amide bonds. The van der Waals surface area contributed by atoms with Gasteiger partial charge < -0.3 is 5.73 Å². The number of nitrogens with two attached hydrogens (primary N) is 1. The van der Waals surface area contributed by atoms with Crippen LogP contribution in [0.3, 0.4) is 0 Å². The Bertz CT molecular complexity index is 559. The molecule has 0 fully saturated rings. The second kappa shape index (κ2) is 6.80. The van der Waals surface area contributed by atoms with Crippen molar-refractivity contribution in [1.82, 2.24) is 4.90 Å². The molecule has 2 atom stereocenters. The first-order valence-corrected chi connectivity index (χ1v) is 8.12. The lowest BCUT2D eigenvalue weighted by Gasteiger charge is -2.32. The second-order valence-electron chi connectivity index (χ2n) is 4.77. The first kappa shape index (κ1) is 15.6. The van der Waals surface area contributed by atoms with E-state index in [1.54, 1.807) is 17.4 Å². The Kier molecular flexibility index (Phi) is 5.32. The highest BCUT2D eigenvalue weighted by Crippen LogP contribution is 2.32. The number of thiophene rings is 1. The fourth-order valence-electron chi connectivity index (χ4n) is 2.28. The minimum Gasteiger partial charge on any atom is -0.329 e. The quantitative estimate of drug-likeness (QED) is 0.862. The summed E-state index contributed by atoms with van der Waals surface area (Å²) < 4.78 is 14.9. The summed E-state index contributed by atoms with van der Waals surface area (Å²) in [6, 6.07) is 9.33. The molecule has 1 heterocycles. The van der Waals surface area contributed by atoms with Gasteiger partial charge in [-0.3, -0.25) is 4.90 Å². The summed E-state index contributed by atoms with van der Waals surface area (Å²) in [6.07, 6.45) is 0. The molecule has 108 valence electrons. The zero-order valence-corrected chi connectivity index (χ0v) is 13.9. The van der Waals surface area contributed by atoms with Crippen LogP contribution in [0.4, 0.5) is 4.39 Å². The van der Waals surface area contributed by atoms with Gasteiger partial charge in [0.05, 0.1) is 6.04 Å². The number of halogens is 2. The van der Waals surface area contributed by atoms with Crippen LogP contribution in [-0.4, -0.2) is 18.5 Å². The standard InChI is InChI=1S/C15H18BrFN2S/c1-10(15-4-3-7-20-15)19(2)14(9-18)12-6-5-11(16)8-13(12)17/h3-8,10,14H,9,18H2,1-2H3. The zero-order valence-electron chi connectivity index (χ0n) is 11.5. The molecule has 20 heavy (non-hydrogen) atoms. The minimum atomic E-state index is -0.222. The van der Waals surface area contributed by atoms with Crippen molar-refractivity contribution in [3.8, 4) is 0 Å². The number of nitrogens with zero attached hydrogens (tertiary/aromatic N) is 1. The third kappa shape index (κ3) is 3.28. The highest BCUT2D eigenvalue weighted by atomic mass is 79.9. The van der Waals surface area contributed by atoms with Crippen LogP contribution in [0.1, 0.15) is 29.4 Å². The predicted molar refractivity (Wildman–Crippen MR) is 86.4 cm³/mol. The van der Waals surface area contributed by atoms with Crippen molar-refractivity contribution in [1.29, 1.82) is 0 Å². The predicted octanol–water partition coefficient (Wildman–Crippen LogP) is 4.34. The Balaban J connectivity index is 2.27. The molecule has 0 saturated heterocycles. The number of rotatable bonds is 5. The molecule has 0 aliphatic rings. The summed E-state index contributed by atoms with van der Waals surface area (Å²) in [7, 11) is 1.99. The number of hydrogen-bond donors (Lipinski definition) is 1. The Hall–Kier alpha value is -0.750. The summed E-state index contributed by atoms with van der Waals surface area (Å²) >= 11 is 4.99. The maximum absolute atomic E-state index is 14.1. The Morgan fingerprint density at radius 1 is 1.40 bits per heavy atom. The van der Waals surface area contributed by atoms with Crippen molar-refractivity contribution < 1.29 is 4.39 Å². The first-order chi connectivity index (χ1) is 9.54. The molecule has 0 saturated carbocycles. The molecule has 0 bridgehead atoms. The normalized spacial score (nSPS) is 14.5. The second-order valence-corrected chi connectivity index (χ2v) is 6.67. The van der Waals surface area contributed by atoms with Gasteiger partial charge >= 0.3 is 0 Å². The number of hydrogen-bond acceptors (Lipinski definition) is 3. The van der Waals surface area contributed by atoms with Gasteiger partial charge in [-0.05, 0) is 37.6 Å². The van der Waals surface area contributed by atoms with E-state index in [9.17, 15) is 4.39 Å². The smallest absolute Gasteiger partial charge is 0.129 e. The van der Waals surface area contributed by atoms with Gasteiger partial charge in [-0.25, -0.2) is 4.39 Å². The minimum absolute atomic E-state index is 0.139. The van der Waals surface area contributed by atoms with Crippen LogP contribution in [0.25, 0.3) is 0 Å². The monoisotopic (exact) mass is 356 g/mol. The van der Waals surface area contributed by atoms with Gasteiger partial charge in [0.25, 0.3) is 0 Å². The van der Waals surface area contributed by atoms with E-state index in [1.807, 2.05) is 19.2 Å². The van der Waals surface area contributed by atoms with Crippen molar-refractivity contribution in [2.24, 2.45) is 5.73 Å². The fourth-order valence-corrected chi connectivity index (χ4v) is 3.45. The van der Waals surface area contributed by atoms with Gasteiger partial charge in [-0.2, -0.15) is 0 Å². The number of likely N-dealkylation sites (N-methyl/N-ethyl adjacent to an activating group) is 1. The first-order valence-electron chi connectivity index (χ1n) is 6.45. The largest absolute Gasteiger partial charge is 0.329 e. The Morgan fingerprint density at radius 3 is 2.70 bits per heavy atom. The Morgan fingerprint density at radius 2 is 2.15 bits per heavy atom. The molecule has 0 spiro atoms. The average Bonchev–Trinajstić information content (AvgIpc) is 2.94. The zero-order chi connectivity index (χ0) is 14.7. The van der Waals surface area contributed by atoms with Crippen LogP contribution in [-0.2, 0) is 0 Å². The van der Waals surface area contributed by atoms with E-state index in [1.165, 1.54) is 10.9 Å². The van der Waals surface area contributed by atoms with Crippen LogP contribution in [0, 0.1) is 5.82 Å². The van der Waals surface area contributed by atoms with Crippen LogP contribution in [0.5, 0.6) is 0 Å². The van der Waals surface area contributed by atoms with E-state index >= 15 is 0 Å². The van der Waals surface area contributed by atoms with Crippen molar-refractivity contribution in [2.45, 2.75) is 19.0 Å². The molecule has 2 N–H and O–H groups in total. The molecule has 2 aromatic rings. The van der Waals surface area contributed by atoms with Crippen LogP contribution < -0.4 is 5.73 Å². The van der Waals surface area contributed by atoms with Gasteiger partial charge in [0.1, 0.15) is 5.82 Å². The summed E-state index contributed by atoms with van der Waals surface area (Å²) in [5.74, 6) is -0.222. The molecule has 0 aliphatic heterocycles. The van der Waals surface area contributed by atoms with Gasteiger partial charge in [-0.15, -0.1) is 11.3 Å². The molecule has 0 aliphatic carbocycles. The molecule has 5 heteroatoms. The van der Waals surface area contributed by atoms with E-state index in [2.05, 4.69) is 39.2 Å². The fraction of sp³-hybridized carbons (Fsp3) is 0.333. The topological polar surface area (TPSA) is 29.3 Å². The molecule has 2 nitrogen and oxygen atoms in total. The molecule has 0 radical (unpaired) electrons. The maximum atomic E-state index is 14.1. The molecular formula is C15H18BrFN2S. The van der Waals surface area contributed by atoms with Crippen molar-refractivity contribution in [2.75, 3.05) is 13.6 Å². The third-order valence-electron chi connectivity index (χ3n) is 3.60. The van der Waals surface area contributed by atoms with E-state index in [-0.39, 0.29) is 17.9 Å². The summed E-state index contributed by atoms with van der Waals surface area (Å²) in [6.45, 7) is 2.50. The molecular weight excluding hydrogens is 339 g/mol. The van der Waals surface area contributed by atoms with Gasteiger partial charge in [0, 0.05) is 27.5 Å². The molecule has 1 aromatic carbocycles. The lowest BCUT2D eigenvalue weighted by atomic mass is 10.0. The van der Waals surface area contributed by atoms with Crippen LogP contribution >= 0.6 is 27.3 Å². The van der Waals surface area contributed by atoms with E-state index in [4.69, 9.17) is 5.73 Å². The summed E-state index contributed by atoms with van der Waals surface area (Å²) in [5.41, 5.74) is 6.53. The maximum Gasteiger partial charge on any atom is 0.129 e. The highest BCUT2D eigenvalue weighted by molar-refractivity contribution is 9.10.